The van der Waals surface area contributed by atoms with Crippen LogP contribution in [0.1, 0.15) is 27.2 Å². The second-order valence-corrected chi connectivity index (χ2v) is 4.78. The van der Waals surface area contributed by atoms with Gasteiger partial charge >= 0.3 is 5.97 Å². The minimum atomic E-state index is -0.943. The van der Waals surface area contributed by atoms with Crippen molar-refractivity contribution >= 4 is 17.6 Å². The summed E-state index contributed by atoms with van der Waals surface area (Å²) in [4.78, 5) is 15.6. The summed E-state index contributed by atoms with van der Waals surface area (Å²) in [5, 5.41) is 9.21. The van der Waals surface area contributed by atoms with Crippen LogP contribution in [-0.2, 0) is 7.05 Å². The average Bonchev–Trinajstić information content (AvgIpc) is 2.69. The first kappa shape index (κ1) is 13.0. The maximum absolute atomic E-state index is 11.2. The number of carbonyl (C=O) groups is 1. The van der Waals surface area contributed by atoms with E-state index in [-0.39, 0.29) is 5.56 Å². The molecule has 21 heavy (non-hydrogen) atoms. The van der Waals surface area contributed by atoms with E-state index in [1.807, 2.05) is 43.6 Å². The second kappa shape index (κ2) is 5.19. The van der Waals surface area contributed by atoms with Gasteiger partial charge in [0.15, 0.2) is 12.4 Å². The summed E-state index contributed by atoms with van der Waals surface area (Å²) in [5.41, 5.74) is 6.84. The van der Waals surface area contributed by atoms with Crippen LogP contribution >= 0.6 is 0 Å². The van der Waals surface area contributed by atoms with Crippen LogP contribution in [0.4, 0.5) is 0 Å². The molecule has 0 aromatic carbocycles. The number of rotatable bonds is 2. The van der Waals surface area contributed by atoms with E-state index >= 15 is 0 Å². The molecule has 1 aliphatic carbocycles. The monoisotopic (exact) mass is 277 g/mol. The molecule has 0 amide bonds. The maximum Gasteiger partial charge on any atom is 0.341 e. The molecule has 3 rings (SSSR count). The fourth-order valence-corrected chi connectivity index (χ4v) is 2.34. The number of pyridine rings is 2. The first-order valence-corrected chi connectivity index (χ1v) is 6.47. The molecule has 0 saturated carbocycles. The van der Waals surface area contributed by atoms with E-state index in [2.05, 4.69) is 10.7 Å². The topological polar surface area (TPSA) is 54.1 Å². The Labute approximate surface area is 122 Å². The first-order valence-electron chi connectivity index (χ1n) is 6.47. The predicted octanol–water partition coefficient (Wildman–Crippen LogP) is 2.22. The largest absolute Gasteiger partial charge is 0.477 e. The van der Waals surface area contributed by atoms with Gasteiger partial charge in [-0.1, -0.05) is 6.07 Å². The van der Waals surface area contributed by atoms with Crippen molar-refractivity contribution in [1.29, 1.82) is 0 Å². The molecule has 2 heterocycles. The quantitative estimate of drug-likeness (QED) is 0.676. The summed E-state index contributed by atoms with van der Waals surface area (Å²) >= 11 is 0. The first-order chi connectivity index (χ1) is 10.1. The summed E-state index contributed by atoms with van der Waals surface area (Å²) in [6.45, 7) is 0. The lowest BCUT2D eigenvalue weighted by Gasteiger charge is -2.08. The predicted molar refractivity (Wildman–Crippen MR) is 78.4 cm³/mol. The Morgan fingerprint density at radius 3 is 3.05 bits per heavy atom. The lowest BCUT2D eigenvalue weighted by Crippen LogP contribution is -2.29. The SMILES string of the molecule is C[n+]1cc(C(=O)O)cc(C2=CC=C=Cc3ncccc32)c1. The molecule has 0 aliphatic heterocycles. The van der Waals surface area contributed by atoms with Gasteiger partial charge < -0.3 is 5.11 Å². The van der Waals surface area contributed by atoms with E-state index in [1.54, 1.807) is 23.0 Å². The minimum absolute atomic E-state index is 0.252. The molecule has 0 radical (unpaired) electrons. The fourth-order valence-electron chi connectivity index (χ4n) is 2.34. The molecule has 1 N–H and O–H groups in total. The van der Waals surface area contributed by atoms with E-state index in [0.29, 0.717) is 0 Å². The molecule has 0 bridgehead atoms. The van der Waals surface area contributed by atoms with Crippen molar-refractivity contribution in [2.24, 2.45) is 7.05 Å². The van der Waals surface area contributed by atoms with Gasteiger partial charge in [-0.2, -0.15) is 0 Å². The lowest BCUT2D eigenvalue weighted by molar-refractivity contribution is -0.671. The summed E-state index contributed by atoms with van der Waals surface area (Å²) in [5.74, 6) is -0.943. The molecule has 1 aliphatic rings. The number of allylic oxidation sites excluding steroid dienone is 2. The Hall–Kier alpha value is -2.97. The van der Waals surface area contributed by atoms with Gasteiger partial charge in [-0.25, -0.2) is 9.36 Å². The number of aromatic nitrogens is 2. The van der Waals surface area contributed by atoms with Crippen LogP contribution in [0.5, 0.6) is 0 Å². The van der Waals surface area contributed by atoms with Crippen molar-refractivity contribution < 1.29 is 14.5 Å². The summed E-state index contributed by atoms with van der Waals surface area (Å²) in [6.07, 6.45) is 10.8. The molecule has 102 valence electrons. The van der Waals surface area contributed by atoms with Crippen LogP contribution in [0, 0.1) is 0 Å². The van der Waals surface area contributed by atoms with Crippen LogP contribution in [0.3, 0.4) is 0 Å². The molecule has 0 spiro atoms. The summed E-state index contributed by atoms with van der Waals surface area (Å²) in [6, 6.07) is 5.51. The van der Waals surface area contributed by atoms with Crippen LogP contribution in [0.2, 0.25) is 0 Å². The van der Waals surface area contributed by atoms with Crippen molar-refractivity contribution in [1.82, 2.24) is 4.98 Å². The maximum atomic E-state index is 11.2. The molecule has 0 fully saturated rings. The van der Waals surface area contributed by atoms with Crippen molar-refractivity contribution in [2.45, 2.75) is 0 Å². The van der Waals surface area contributed by atoms with Gasteiger partial charge in [-0.05, 0) is 29.9 Å². The van der Waals surface area contributed by atoms with Gasteiger partial charge in [0.25, 0.3) is 0 Å². The number of hydrogen-bond acceptors (Lipinski definition) is 2. The number of aryl methyl sites for hydroxylation is 1. The van der Waals surface area contributed by atoms with Gasteiger partial charge in [-0.15, -0.1) is 5.73 Å². The van der Waals surface area contributed by atoms with Gasteiger partial charge in [0, 0.05) is 23.4 Å². The fraction of sp³-hybridized carbons (Fsp3) is 0.0588. The highest BCUT2D eigenvalue weighted by molar-refractivity contribution is 5.90. The van der Waals surface area contributed by atoms with Crippen molar-refractivity contribution in [3.63, 3.8) is 0 Å². The smallest absolute Gasteiger partial charge is 0.341 e. The molecule has 0 atom stereocenters. The Morgan fingerprint density at radius 2 is 2.24 bits per heavy atom. The van der Waals surface area contributed by atoms with Gasteiger partial charge in [0.05, 0.1) is 5.69 Å². The molecule has 4 nitrogen and oxygen atoms in total. The minimum Gasteiger partial charge on any atom is -0.477 e. The molecular formula is C17H13N2O2+. The molecule has 4 heteroatoms. The molecular weight excluding hydrogens is 264 g/mol. The van der Waals surface area contributed by atoms with Crippen LogP contribution in [0.15, 0.2) is 54.7 Å². The van der Waals surface area contributed by atoms with Gasteiger partial charge in [0.1, 0.15) is 12.6 Å². The van der Waals surface area contributed by atoms with Crippen molar-refractivity contribution in [2.75, 3.05) is 0 Å². The van der Waals surface area contributed by atoms with Crippen LogP contribution in [-0.4, -0.2) is 16.1 Å². The molecule has 2 aromatic heterocycles. The highest BCUT2D eigenvalue weighted by atomic mass is 16.4. The van der Waals surface area contributed by atoms with Crippen molar-refractivity contribution in [3.05, 3.63) is 77.1 Å². The Balaban J connectivity index is 2.21. The zero-order valence-corrected chi connectivity index (χ0v) is 11.4. The highest BCUT2D eigenvalue weighted by Gasteiger charge is 2.16. The van der Waals surface area contributed by atoms with Gasteiger partial charge in [0.2, 0.25) is 0 Å². The van der Waals surface area contributed by atoms with E-state index in [0.717, 1.165) is 22.4 Å². The van der Waals surface area contributed by atoms with E-state index in [9.17, 15) is 9.90 Å². The zero-order valence-electron chi connectivity index (χ0n) is 11.4. The Morgan fingerprint density at radius 1 is 1.38 bits per heavy atom. The number of carboxylic acid groups (broad SMARTS) is 1. The molecule has 0 saturated heterocycles. The molecule has 0 unspecified atom stereocenters. The zero-order chi connectivity index (χ0) is 14.8. The molecule has 2 aromatic rings. The van der Waals surface area contributed by atoms with E-state index < -0.39 is 5.97 Å². The second-order valence-electron chi connectivity index (χ2n) is 4.78. The third kappa shape index (κ3) is 2.53. The third-order valence-electron chi connectivity index (χ3n) is 3.25. The van der Waals surface area contributed by atoms with Crippen molar-refractivity contribution in [3.8, 4) is 0 Å². The standard InChI is InChI=1S/C17H12N2O2/c1-19-10-12(9-13(11-19)17(20)21)14-5-2-3-7-16-15(14)6-4-8-18-16/h2,4-11H,1H3/p+1. The number of fused-ring (bicyclic) bond motifs is 1. The van der Waals surface area contributed by atoms with E-state index in [1.165, 1.54) is 0 Å². The van der Waals surface area contributed by atoms with E-state index in [4.69, 9.17) is 0 Å². The van der Waals surface area contributed by atoms with Gasteiger partial charge in [-0.3, -0.25) is 4.98 Å². The average molecular weight is 277 g/mol. The third-order valence-corrected chi connectivity index (χ3v) is 3.25. The number of carboxylic acids is 1. The Kier molecular flexibility index (Phi) is 3.22. The lowest BCUT2D eigenvalue weighted by atomic mass is 9.97. The summed E-state index contributed by atoms with van der Waals surface area (Å²) in [7, 11) is 1.81. The highest BCUT2D eigenvalue weighted by Crippen LogP contribution is 2.27. The number of aromatic carboxylic acids is 1. The normalized spacial score (nSPS) is 12.5. The van der Waals surface area contributed by atoms with Crippen LogP contribution in [0.25, 0.3) is 11.6 Å². The summed E-state index contributed by atoms with van der Waals surface area (Å²) < 4.78 is 1.75. The Bertz CT molecular complexity index is 828. The number of hydrogen-bond donors (Lipinski definition) is 1. The van der Waals surface area contributed by atoms with Crippen LogP contribution < -0.4 is 4.57 Å². The number of nitrogens with zero attached hydrogens (tertiary/aromatic N) is 2.